The lowest BCUT2D eigenvalue weighted by molar-refractivity contribution is 0.510. The van der Waals surface area contributed by atoms with Gasteiger partial charge in [-0.3, -0.25) is 4.98 Å². The van der Waals surface area contributed by atoms with Gasteiger partial charge < -0.3 is 9.88 Å². The van der Waals surface area contributed by atoms with Gasteiger partial charge in [-0.1, -0.05) is 12.1 Å². The molecule has 26 heavy (non-hydrogen) atoms. The van der Waals surface area contributed by atoms with Crippen LogP contribution in [0.5, 0.6) is 0 Å². The van der Waals surface area contributed by atoms with E-state index in [1.54, 1.807) is 0 Å². The fourth-order valence-corrected chi connectivity index (χ4v) is 3.22. The van der Waals surface area contributed by atoms with Gasteiger partial charge in [0.05, 0.1) is 34.8 Å². The van der Waals surface area contributed by atoms with Gasteiger partial charge in [-0.2, -0.15) is 0 Å². The van der Waals surface area contributed by atoms with Crippen molar-refractivity contribution in [3.8, 4) is 0 Å². The minimum Gasteiger partial charge on any atom is -0.362 e. The van der Waals surface area contributed by atoms with Crippen LogP contribution in [0.15, 0.2) is 42.6 Å². The summed E-state index contributed by atoms with van der Waals surface area (Å²) in [5.74, 6) is -0.427. The van der Waals surface area contributed by atoms with Crippen molar-refractivity contribution in [3.63, 3.8) is 0 Å². The summed E-state index contributed by atoms with van der Waals surface area (Å²) in [5, 5.41) is 3.20. The van der Waals surface area contributed by atoms with E-state index in [2.05, 4.69) is 25.9 Å². The van der Waals surface area contributed by atoms with Crippen molar-refractivity contribution in [1.29, 1.82) is 0 Å². The first-order chi connectivity index (χ1) is 12.7. The number of rotatable bonds is 4. The molecule has 4 aromatic rings. The number of halogens is 2. The molecule has 0 atom stereocenters. The normalized spacial score (nSPS) is 14.2. The highest BCUT2D eigenvalue weighted by Crippen LogP contribution is 2.38. The molecular weight excluding hydrogens is 336 g/mol. The third kappa shape index (κ3) is 2.56. The number of fused-ring (bicyclic) bond motifs is 2. The van der Waals surface area contributed by atoms with Crippen molar-refractivity contribution >= 4 is 27.9 Å². The third-order valence-electron chi connectivity index (χ3n) is 4.59. The minimum atomic E-state index is -0.931. The van der Waals surface area contributed by atoms with Gasteiger partial charge in [0.25, 0.3) is 0 Å². The van der Waals surface area contributed by atoms with E-state index in [0.717, 1.165) is 41.8 Å². The second-order valence-electron chi connectivity index (χ2n) is 6.48. The summed E-state index contributed by atoms with van der Waals surface area (Å²) in [5.41, 5.74) is 2.73. The molecule has 1 N–H and O–H groups in total. The Bertz CT molecular complexity index is 1130. The first-order valence-corrected chi connectivity index (χ1v) is 8.50. The fourth-order valence-electron chi connectivity index (χ4n) is 3.22. The molecule has 0 radical (unpaired) electrons. The van der Waals surface area contributed by atoms with E-state index < -0.39 is 11.6 Å². The van der Waals surface area contributed by atoms with Crippen LogP contribution in [0.25, 0.3) is 22.1 Å². The number of hydrogen-bond donors (Lipinski definition) is 1. The van der Waals surface area contributed by atoms with Gasteiger partial charge in [0.1, 0.15) is 11.6 Å². The molecule has 0 aliphatic heterocycles. The molecule has 0 unspecified atom stereocenters. The number of benzene rings is 2. The highest BCUT2D eigenvalue weighted by Gasteiger charge is 2.27. The number of aromatic nitrogens is 4. The van der Waals surface area contributed by atoms with Crippen LogP contribution >= 0.6 is 0 Å². The molecule has 2 aromatic carbocycles. The van der Waals surface area contributed by atoms with Crippen molar-refractivity contribution < 1.29 is 8.78 Å². The summed E-state index contributed by atoms with van der Waals surface area (Å²) in [6.45, 7) is 0.481. The van der Waals surface area contributed by atoms with Crippen molar-refractivity contribution in [2.24, 2.45) is 0 Å². The SMILES string of the molecule is Fc1cc2ncc(NCc3nc4ccccc4n3C3CC3)nc2cc1F. The summed E-state index contributed by atoms with van der Waals surface area (Å²) in [6, 6.07) is 10.7. The van der Waals surface area contributed by atoms with Crippen molar-refractivity contribution in [2.45, 2.75) is 25.4 Å². The Morgan fingerprint density at radius 2 is 1.77 bits per heavy atom. The van der Waals surface area contributed by atoms with Gasteiger partial charge in [0, 0.05) is 18.2 Å². The van der Waals surface area contributed by atoms with Crippen LogP contribution in [-0.2, 0) is 6.54 Å². The summed E-state index contributed by atoms with van der Waals surface area (Å²) in [4.78, 5) is 13.2. The highest BCUT2D eigenvalue weighted by atomic mass is 19.2. The van der Waals surface area contributed by atoms with Gasteiger partial charge in [-0.05, 0) is 25.0 Å². The second kappa shape index (κ2) is 5.72. The van der Waals surface area contributed by atoms with Crippen molar-refractivity contribution in [1.82, 2.24) is 19.5 Å². The molecule has 0 bridgehead atoms. The van der Waals surface area contributed by atoms with Gasteiger partial charge in [0.15, 0.2) is 11.6 Å². The van der Waals surface area contributed by atoms with Crippen molar-refractivity contribution in [2.75, 3.05) is 5.32 Å². The number of nitrogens with zero attached hydrogens (tertiary/aromatic N) is 4. The van der Waals surface area contributed by atoms with E-state index >= 15 is 0 Å². The lowest BCUT2D eigenvalue weighted by atomic mass is 10.3. The Morgan fingerprint density at radius 1 is 1.00 bits per heavy atom. The van der Waals surface area contributed by atoms with Crippen LogP contribution in [-0.4, -0.2) is 19.5 Å². The largest absolute Gasteiger partial charge is 0.362 e. The standard InChI is InChI=1S/C19H15F2N5/c20-12-7-15-16(8-13(12)21)24-18(9-22-15)23-10-19-25-14-3-1-2-4-17(14)26(19)11-5-6-11/h1-4,7-9,11H,5-6,10H2,(H,23,24). The van der Waals surface area contributed by atoms with Crippen LogP contribution in [0.4, 0.5) is 14.6 Å². The fraction of sp³-hybridized carbons (Fsp3) is 0.211. The summed E-state index contributed by atoms with van der Waals surface area (Å²) < 4.78 is 29.0. The Balaban J connectivity index is 1.46. The zero-order valence-corrected chi connectivity index (χ0v) is 13.8. The molecule has 0 spiro atoms. The van der Waals surface area contributed by atoms with E-state index in [9.17, 15) is 8.78 Å². The summed E-state index contributed by atoms with van der Waals surface area (Å²) in [7, 11) is 0. The van der Waals surface area contributed by atoms with E-state index in [1.165, 1.54) is 6.20 Å². The van der Waals surface area contributed by atoms with Crippen LogP contribution in [0.2, 0.25) is 0 Å². The maximum atomic E-state index is 13.4. The first kappa shape index (κ1) is 15.2. The molecule has 0 amide bonds. The molecule has 2 aromatic heterocycles. The molecule has 7 heteroatoms. The zero-order chi connectivity index (χ0) is 17.7. The van der Waals surface area contributed by atoms with E-state index in [1.807, 2.05) is 18.2 Å². The molecule has 0 saturated heterocycles. The van der Waals surface area contributed by atoms with E-state index in [4.69, 9.17) is 4.98 Å². The number of imidazole rings is 1. The molecule has 1 saturated carbocycles. The number of hydrogen-bond acceptors (Lipinski definition) is 4. The average molecular weight is 351 g/mol. The molecule has 1 aliphatic carbocycles. The monoisotopic (exact) mass is 351 g/mol. The number of nitrogens with one attached hydrogen (secondary N) is 1. The molecule has 2 heterocycles. The topological polar surface area (TPSA) is 55.6 Å². The minimum absolute atomic E-state index is 0.310. The molecule has 130 valence electrons. The highest BCUT2D eigenvalue weighted by molar-refractivity contribution is 5.77. The Morgan fingerprint density at radius 3 is 2.58 bits per heavy atom. The number of para-hydroxylation sites is 2. The maximum Gasteiger partial charge on any atom is 0.161 e. The second-order valence-corrected chi connectivity index (χ2v) is 6.48. The van der Waals surface area contributed by atoms with Crippen LogP contribution in [0, 0.1) is 11.6 Å². The van der Waals surface area contributed by atoms with Gasteiger partial charge in [-0.25, -0.2) is 18.7 Å². The van der Waals surface area contributed by atoms with Crippen LogP contribution in [0.1, 0.15) is 24.7 Å². The summed E-state index contributed by atoms with van der Waals surface area (Å²) >= 11 is 0. The Hall–Kier alpha value is -3.09. The Labute approximate surface area is 147 Å². The van der Waals surface area contributed by atoms with Gasteiger partial charge in [-0.15, -0.1) is 0 Å². The summed E-state index contributed by atoms with van der Waals surface area (Å²) in [6.07, 6.45) is 3.84. The quantitative estimate of drug-likeness (QED) is 0.599. The number of anilines is 1. The van der Waals surface area contributed by atoms with Crippen LogP contribution < -0.4 is 5.32 Å². The lowest BCUT2D eigenvalue weighted by Crippen LogP contribution is -2.09. The van der Waals surface area contributed by atoms with E-state index in [0.29, 0.717) is 29.4 Å². The average Bonchev–Trinajstić information content (AvgIpc) is 3.41. The predicted octanol–water partition coefficient (Wildman–Crippen LogP) is 4.20. The smallest absolute Gasteiger partial charge is 0.161 e. The predicted molar refractivity (Wildman–Crippen MR) is 94.8 cm³/mol. The lowest BCUT2D eigenvalue weighted by Gasteiger charge is -2.09. The van der Waals surface area contributed by atoms with Gasteiger partial charge in [0.2, 0.25) is 0 Å². The maximum absolute atomic E-state index is 13.4. The van der Waals surface area contributed by atoms with E-state index in [-0.39, 0.29) is 0 Å². The Kier molecular flexibility index (Phi) is 3.34. The molecule has 1 aliphatic rings. The first-order valence-electron chi connectivity index (χ1n) is 8.50. The molecule has 5 nitrogen and oxygen atoms in total. The van der Waals surface area contributed by atoms with Crippen molar-refractivity contribution in [3.05, 3.63) is 60.1 Å². The molecule has 1 fully saturated rings. The molecular formula is C19H15F2N5. The van der Waals surface area contributed by atoms with Crippen LogP contribution in [0.3, 0.4) is 0 Å². The zero-order valence-electron chi connectivity index (χ0n) is 13.8. The molecule has 5 rings (SSSR count). The third-order valence-corrected chi connectivity index (χ3v) is 4.59. The van der Waals surface area contributed by atoms with Gasteiger partial charge >= 0.3 is 0 Å².